The molecule has 2 aromatic rings. The van der Waals surface area contributed by atoms with Crippen molar-refractivity contribution < 1.29 is 14.0 Å². The number of nitrogens with zero attached hydrogens (tertiary/aromatic N) is 2. The van der Waals surface area contributed by atoms with Gasteiger partial charge in [0.1, 0.15) is 5.82 Å². The fourth-order valence-corrected chi connectivity index (χ4v) is 3.19. The van der Waals surface area contributed by atoms with Crippen LogP contribution < -0.4 is 15.5 Å². The minimum atomic E-state index is -0.445. The third-order valence-electron chi connectivity index (χ3n) is 4.60. The molecule has 0 saturated carbocycles. The first-order valence-corrected chi connectivity index (χ1v) is 10.3. The standard InChI is InChI=1S/C24H33FN4O2/c1-16(2)29(22(30)17-9-8-10-19(25)13-17)15-18-14-20(11-12-21(18)28(6)7)26-23(31)27-24(3,4)5/h8-14,16H,15H2,1-7H3,(H2,26,27,31). The van der Waals surface area contributed by atoms with Gasteiger partial charge in [0, 0.05) is 49.2 Å². The van der Waals surface area contributed by atoms with E-state index in [0.29, 0.717) is 17.8 Å². The van der Waals surface area contributed by atoms with Gasteiger partial charge in [-0.25, -0.2) is 9.18 Å². The summed E-state index contributed by atoms with van der Waals surface area (Å²) in [5, 5.41) is 5.72. The van der Waals surface area contributed by atoms with Crippen LogP contribution >= 0.6 is 0 Å². The van der Waals surface area contributed by atoms with Crippen LogP contribution in [0.4, 0.5) is 20.6 Å². The molecule has 2 rings (SSSR count). The monoisotopic (exact) mass is 428 g/mol. The van der Waals surface area contributed by atoms with Crippen molar-refractivity contribution in [3.05, 3.63) is 59.4 Å². The summed E-state index contributed by atoms with van der Waals surface area (Å²) in [5.74, 6) is -0.692. The minimum absolute atomic E-state index is 0.105. The van der Waals surface area contributed by atoms with Crippen molar-refractivity contribution in [2.24, 2.45) is 0 Å². The lowest BCUT2D eigenvalue weighted by Crippen LogP contribution is -2.43. The Bertz CT molecular complexity index is 935. The van der Waals surface area contributed by atoms with Gasteiger partial charge in [-0.1, -0.05) is 6.07 Å². The highest BCUT2D eigenvalue weighted by molar-refractivity contribution is 5.94. The summed E-state index contributed by atoms with van der Waals surface area (Å²) >= 11 is 0. The van der Waals surface area contributed by atoms with Crippen LogP contribution in [0.1, 0.15) is 50.5 Å². The molecule has 0 spiro atoms. The van der Waals surface area contributed by atoms with Crippen LogP contribution in [0, 0.1) is 5.82 Å². The van der Waals surface area contributed by atoms with E-state index in [1.54, 1.807) is 11.0 Å². The van der Waals surface area contributed by atoms with Crippen LogP contribution in [0.25, 0.3) is 0 Å². The van der Waals surface area contributed by atoms with Crippen molar-refractivity contribution in [3.63, 3.8) is 0 Å². The van der Waals surface area contributed by atoms with Gasteiger partial charge >= 0.3 is 6.03 Å². The lowest BCUT2D eigenvalue weighted by Gasteiger charge is -2.29. The smallest absolute Gasteiger partial charge is 0.319 e. The number of halogens is 1. The molecule has 0 aliphatic carbocycles. The molecule has 0 radical (unpaired) electrons. The summed E-state index contributed by atoms with van der Waals surface area (Å²) in [7, 11) is 3.85. The molecule has 31 heavy (non-hydrogen) atoms. The lowest BCUT2D eigenvalue weighted by atomic mass is 10.1. The van der Waals surface area contributed by atoms with E-state index in [9.17, 15) is 14.0 Å². The second-order valence-electron chi connectivity index (χ2n) is 9.10. The van der Waals surface area contributed by atoms with E-state index in [2.05, 4.69) is 10.6 Å². The molecule has 3 amide bonds. The van der Waals surface area contributed by atoms with Crippen LogP contribution in [-0.4, -0.2) is 42.5 Å². The topological polar surface area (TPSA) is 64.7 Å². The summed E-state index contributed by atoms with van der Waals surface area (Å²) in [6.07, 6.45) is 0. The molecule has 6 nitrogen and oxygen atoms in total. The highest BCUT2D eigenvalue weighted by Crippen LogP contribution is 2.26. The van der Waals surface area contributed by atoms with Crippen molar-refractivity contribution in [1.82, 2.24) is 10.2 Å². The van der Waals surface area contributed by atoms with Gasteiger partial charge in [-0.15, -0.1) is 0 Å². The Morgan fingerprint density at radius 2 is 1.74 bits per heavy atom. The van der Waals surface area contributed by atoms with Crippen LogP contribution in [0.5, 0.6) is 0 Å². The molecule has 0 aromatic heterocycles. The maximum absolute atomic E-state index is 13.7. The van der Waals surface area contributed by atoms with E-state index in [4.69, 9.17) is 0 Å². The molecular formula is C24H33FN4O2. The van der Waals surface area contributed by atoms with Crippen molar-refractivity contribution in [2.45, 2.75) is 52.7 Å². The molecule has 0 fully saturated rings. The zero-order valence-corrected chi connectivity index (χ0v) is 19.4. The van der Waals surface area contributed by atoms with Gasteiger partial charge in [-0.2, -0.15) is 0 Å². The normalized spacial score (nSPS) is 11.3. The number of benzene rings is 2. The molecule has 0 bridgehead atoms. The number of anilines is 2. The Kier molecular flexibility index (Phi) is 7.65. The zero-order chi connectivity index (χ0) is 23.3. The summed E-state index contributed by atoms with van der Waals surface area (Å²) in [6, 6.07) is 10.9. The number of hydrogen-bond donors (Lipinski definition) is 2. The molecular weight excluding hydrogens is 395 g/mol. The van der Waals surface area contributed by atoms with Gasteiger partial charge in [0.15, 0.2) is 0 Å². The van der Waals surface area contributed by atoms with E-state index in [0.717, 1.165) is 11.3 Å². The number of rotatable bonds is 6. The molecule has 0 unspecified atom stereocenters. The maximum atomic E-state index is 13.7. The van der Waals surface area contributed by atoms with E-state index in [-0.39, 0.29) is 23.5 Å². The molecule has 168 valence electrons. The van der Waals surface area contributed by atoms with Crippen LogP contribution in [0.2, 0.25) is 0 Å². The van der Waals surface area contributed by atoms with Crippen molar-refractivity contribution in [2.75, 3.05) is 24.3 Å². The highest BCUT2D eigenvalue weighted by atomic mass is 19.1. The fraction of sp³-hybridized carbons (Fsp3) is 0.417. The van der Waals surface area contributed by atoms with E-state index >= 15 is 0 Å². The van der Waals surface area contributed by atoms with Crippen LogP contribution in [0.15, 0.2) is 42.5 Å². The first-order chi connectivity index (χ1) is 14.4. The summed E-state index contributed by atoms with van der Waals surface area (Å²) in [5.41, 5.74) is 2.38. The summed E-state index contributed by atoms with van der Waals surface area (Å²) in [6.45, 7) is 9.89. The number of hydrogen-bond acceptors (Lipinski definition) is 3. The number of carbonyl (C=O) groups is 2. The largest absolute Gasteiger partial charge is 0.377 e. The maximum Gasteiger partial charge on any atom is 0.319 e. The predicted molar refractivity (Wildman–Crippen MR) is 124 cm³/mol. The van der Waals surface area contributed by atoms with Gasteiger partial charge in [-0.3, -0.25) is 4.79 Å². The van der Waals surface area contributed by atoms with Crippen molar-refractivity contribution in [3.8, 4) is 0 Å². The Labute approximate surface area is 184 Å². The second kappa shape index (κ2) is 9.81. The molecule has 2 aromatic carbocycles. The number of amides is 3. The number of carbonyl (C=O) groups excluding carboxylic acids is 2. The van der Waals surface area contributed by atoms with E-state index in [1.807, 2.05) is 71.8 Å². The molecule has 0 atom stereocenters. The van der Waals surface area contributed by atoms with Crippen molar-refractivity contribution in [1.29, 1.82) is 0 Å². The average Bonchev–Trinajstić information content (AvgIpc) is 2.63. The van der Waals surface area contributed by atoms with Gasteiger partial charge < -0.3 is 20.4 Å². The lowest BCUT2D eigenvalue weighted by molar-refractivity contribution is 0.0690. The molecule has 0 aliphatic rings. The van der Waals surface area contributed by atoms with Crippen molar-refractivity contribution >= 4 is 23.3 Å². The van der Waals surface area contributed by atoms with E-state index < -0.39 is 5.82 Å². The molecule has 2 N–H and O–H groups in total. The molecule has 7 heteroatoms. The quantitative estimate of drug-likeness (QED) is 0.690. The average molecular weight is 429 g/mol. The number of nitrogens with one attached hydrogen (secondary N) is 2. The Balaban J connectivity index is 2.34. The molecule has 0 saturated heterocycles. The first kappa shape index (κ1) is 24.2. The van der Waals surface area contributed by atoms with Gasteiger partial charge in [0.2, 0.25) is 0 Å². The Morgan fingerprint density at radius 1 is 1.06 bits per heavy atom. The predicted octanol–water partition coefficient (Wildman–Crippen LogP) is 4.86. The highest BCUT2D eigenvalue weighted by Gasteiger charge is 2.22. The molecule has 0 heterocycles. The van der Waals surface area contributed by atoms with Crippen LogP contribution in [0.3, 0.4) is 0 Å². The second-order valence-corrected chi connectivity index (χ2v) is 9.10. The van der Waals surface area contributed by atoms with Gasteiger partial charge in [0.05, 0.1) is 0 Å². The first-order valence-electron chi connectivity index (χ1n) is 10.3. The van der Waals surface area contributed by atoms with E-state index in [1.165, 1.54) is 18.2 Å². The SMILES string of the molecule is CC(C)N(Cc1cc(NC(=O)NC(C)(C)C)ccc1N(C)C)C(=O)c1cccc(F)c1. The molecule has 0 aliphatic heterocycles. The minimum Gasteiger partial charge on any atom is -0.377 e. The summed E-state index contributed by atoms with van der Waals surface area (Å²) in [4.78, 5) is 29.0. The zero-order valence-electron chi connectivity index (χ0n) is 19.4. The third kappa shape index (κ3) is 6.98. The summed E-state index contributed by atoms with van der Waals surface area (Å²) < 4.78 is 13.7. The third-order valence-corrected chi connectivity index (χ3v) is 4.60. The van der Waals surface area contributed by atoms with Gasteiger partial charge in [-0.05, 0) is 76.6 Å². The fourth-order valence-electron chi connectivity index (χ4n) is 3.19. The van der Waals surface area contributed by atoms with Crippen LogP contribution in [-0.2, 0) is 6.54 Å². The Hall–Kier alpha value is -3.09. The number of urea groups is 1. The Morgan fingerprint density at radius 3 is 2.29 bits per heavy atom. The van der Waals surface area contributed by atoms with Gasteiger partial charge in [0.25, 0.3) is 5.91 Å².